The normalized spacial score (nSPS) is 10.9. The molecule has 0 bridgehead atoms. The lowest BCUT2D eigenvalue weighted by atomic mass is 10.1. The van der Waals surface area contributed by atoms with Crippen LogP contribution in [-0.2, 0) is 6.42 Å². The predicted molar refractivity (Wildman–Crippen MR) is 104 cm³/mol. The van der Waals surface area contributed by atoms with E-state index in [-0.39, 0.29) is 5.82 Å². The zero-order valence-corrected chi connectivity index (χ0v) is 15.7. The Labute approximate surface area is 163 Å². The summed E-state index contributed by atoms with van der Waals surface area (Å²) in [5.41, 5.74) is 7.64. The minimum Gasteiger partial charge on any atom is -0.384 e. The molecule has 1 heterocycles. The molecule has 2 N–H and O–H groups in total. The molecule has 0 saturated carbocycles. The second-order valence-corrected chi connectivity index (χ2v) is 6.97. The number of nitrogens with zero attached hydrogens (tertiary/aromatic N) is 2. The lowest BCUT2D eigenvalue weighted by Crippen LogP contribution is -2.25. The summed E-state index contributed by atoms with van der Waals surface area (Å²) >= 11 is 24.1. The highest BCUT2D eigenvalue weighted by molar-refractivity contribution is 6.42. The smallest absolute Gasteiger partial charge is 0.353 e. The average molecular weight is 415 g/mol. The van der Waals surface area contributed by atoms with Gasteiger partial charge in [-0.3, -0.25) is 0 Å². The molecule has 8 heteroatoms. The molecule has 0 aliphatic carbocycles. The first-order valence-electron chi connectivity index (χ1n) is 7.12. The van der Waals surface area contributed by atoms with Gasteiger partial charge in [-0.15, -0.1) is 0 Å². The monoisotopic (exact) mass is 413 g/mol. The van der Waals surface area contributed by atoms with Gasteiger partial charge in [-0.05, 0) is 35.9 Å². The second kappa shape index (κ2) is 7.26. The van der Waals surface area contributed by atoms with Crippen molar-refractivity contribution in [2.45, 2.75) is 6.42 Å². The van der Waals surface area contributed by atoms with Crippen LogP contribution in [0, 0.1) is 0 Å². The molecule has 0 unspecified atom stereocenters. The fourth-order valence-electron chi connectivity index (χ4n) is 2.40. The Morgan fingerprint density at radius 1 is 0.960 bits per heavy atom. The highest BCUT2D eigenvalue weighted by Gasteiger charge is 2.14. The van der Waals surface area contributed by atoms with E-state index in [1.807, 2.05) is 6.07 Å². The fourth-order valence-corrected chi connectivity index (χ4v) is 3.22. The molecule has 0 amide bonds. The molecule has 3 rings (SSSR count). The molecule has 128 valence electrons. The Morgan fingerprint density at radius 2 is 1.72 bits per heavy atom. The maximum absolute atomic E-state index is 12.2. The number of benzene rings is 2. The average Bonchev–Trinajstić information content (AvgIpc) is 2.55. The summed E-state index contributed by atoms with van der Waals surface area (Å²) in [6.45, 7) is 0. The van der Waals surface area contributed by atoms with Crippen LogP contribution in [0.3, 0.4) is 0 Å². The van der Waals surface area contributed by atoms with Crippen molar-refractivity contribution in [3.8, 4) is 5.69 Å². The number of hydrogen-bond donors (Lipinski definition) is 1. The number of aromatic nitrogens is 2. The largest absolute Gasteiger partial charge is 0.384 e. The standard InChI is InChI=1S/C17H11Cl4N3O/c18-11-2-4-15(14(21)7-11)24-16(22)10(8-23-17(24)25)5-9-1-3-12(19)13(20)6-9/h1-4,6-8H,5,22H2. The molecular formula is C17H11Cl4N3O. The van der Waals surface area contributed by atoms with E-state index in [0.29, 0.717) is 37.8 Å². The van der Waals surface area contributed by atoms with Gasteiger partial charge < -0.3 is 5.73 Å². The van der Waals surface area contributed by atoms with Crippen molar-refractivity contribution in [2.75, 3.05) is 5.73 Å². The number of rotatable bonds is 3. The van der Waals surface area contributed by atoms with Gasteiger partial charge in [0.25, 0.3) is 0 Å². The summed E-state index contributed by atoms with van der Waals surface area (Å²) in [4.78, 5) is 16.1. The SMILES string of the molecule is Nc1c(Cc2ccc(Cl)c(Cl)c2)cnc(=O)n1-c1ccc(Cl)cc1Cl. The number of anilines is 1. The molecule has 0 saturated heterocycles. The van der Waals surface area contributed by atoms with E-state index < -0.39 is 5.69 Å². The predicted octanol–water partition coefficient (Wildman–Crippen LogP) is 5.02. The van der Waals surface area contributed by atoms with Gasteiger partial charge in [0, 0.05) is 23.2 Å². The second-order valence-electron chi connectivity index (χ2n) is 5.31. The summed E-state index contributed by atoms with van der Waals surface area (Å²) < 4.78 is 1.26. The fraction of sp³-hybridized carbons (Fsp3) is 0.0588. The lowest BCUT2D eigenvalue weighted by Gasteiger charge is -2.14. The van der Waals surface area contributed by atoms with E-state index in [2.05, 4.69) is 4.98 Å². The highest BCUT2D eigenvalue weighted by atomic mass is 35.5. The Bertz CT molecular complexity index is 1020. The number of nitrogens with two attached hydrogens (primary N) is 1. The van der Waals surface area contributed by atoms with Crippen molar-refractivity contribution < 1.29 is 0 Å². The summed E-state index contributed by atoms with van der Waals surface area (Å²) in [7, 11) is 0. The zero-order valence-electron chi connectivity index (χ0n) is 12.6. The van der Waals surface area contributed by atoms with E-state index in [9.17, 15) is 4.79 Å². The summed E-state index contributed by atoms with van der Waals surface area (Å²) in [6, 6.07) is 10.1. The maximum Gasteiger partial charge on any atom is 0.353 e. The number of nitrogen functional groups attached to an aromatic ring is 1. The van der Waals surface area contributed by atoms with Gasteiger partial charge in [0.2, 0.25) is 0 Å². The van der Waals surface area contributed by atoms with Gasteiger partial charge in [0.1, 0.15) is 5.82 Å². The minimum absolute atomic E-state index is 0.246. The molecule has 0 aliphatic rings. The van der Waals surface area contributed by atoms with Crippen LogP contribution in [0.25, 0.3) is 5.69 Å². The van der Waals surface area contributed by atoms with E-state index >= 15 is 0 Å². The third-order valence-corrected chi connectivity index (χ3v) is 4.90. The summed E-state index contributed by atoms with van der Waals surface area (Å²) in [5.74, 6) is 0.246. The van der Waals surface area contributed by atoms with Gasteiger partial charge in [0.15, 0.2) is 0 Å². The van der Waals surface area contributed by atoms with Gasteiger partial charge in [-0.2, -0.15) is 0 Å². The Balaban J connectivity index is 2.08. The Morgan fingerprint density at radius 3 is 2.40 bits per heavy atom. The first-order chi connectivity index (χ1) is 11.9. The van der Waals surface area contributed by atoms with Crippen molar-refractivity contribution in [3.63, 3.8) is 0 Å². The van der Waals surface area contributed by atoms with E-state index in [1.54, 1.807) is 24.3 Å². The van der Waals surface area contributed by atoms with Gasteiger partial charge >= 0.3 is 5.69 Å². The summed E-state index contributed by atoms with van der Waals surface area (Å²) in [5, 5.41) is 1.67. The molecule has 0 fully saturated rings. The van der Waals surface area contributed by atoms with Crippen LogP contribution in [0.2, 0.25) is 20.1 Å². The van der Waals surface area contributed by atoms with Gasteiger partial charge in [-0.25, -0.2) is 14.3 Å². The zero-order chi connectivity index (χ0) is 18.1. The quantitative estimate of drug-likeness (QED) is 0.654. The first-order valence-corrected chi connectivity index (χ1v) is 8.64. The molecule has 3 aromatic rings. The highest BCUT2D eigenvalue weighted by Crippen LogP contribution is 2.28. The molecule has 0 spiro atoms. The van der Waals surface area contributed by atoms with Crippen molar-refractivity contribution in [1.82, 2.24) is 9.55 Å². The first kappa shape index (κ1) is 18.1. The molecular weight excluding hydrogens is 404 g/mol. The van der Waals surface area contributed by atoms with Crippen LogP contribution in [-0.4, -0.2) is 9.55 Å². The maximum atomic E-state index is 12.2. The van der Waals surface area contributed by atoms with Crippen LogP contribution >= 0.6 is 46.4 Å². The van der Waals surface area contributed by atoms with Crippen LogP contribution < -0.4 is 11.4 Å². The molecule has 1 aromatic heterocycles. The van der Waals surface area contributed by atoms with Crippen molar-refractivity contribution >= 4 is 52.2 Å². The molecule has 0 atom stereocenters. The number of hydrogen-bond acceptors (Lipinski definition) is 3. The molecule has 4 nitrogen and oxygen atoms in total. The summed E-state index contributed by atoms with van der Waals surface area (Å²) in [6.07, 6.45) is 1.88. The van der Waals surface area contributed by atoms with Gasteiger partial charge in [0.05, 0.1) is 20.8 Å². The van der Waals surface area contributed by atoms with E-state index in [0.717, 1.165) is 5.56 Å². The van der Waals surface area contributed by atoms with Crippen LogP contribution in [0.15, 0.2) is 47.4 Å². The molecule has 25 heavy (non-hydrogen) atoms. The Hall–Kier alpha value is -1.72. The van der Waals surface area contributed by atoms with Crippen molar-refractivity contribution in [3.05, 3.63) is 84.3 Å². The van der Waals surface area contributed by atoms with E-state index in [1.165, 1.54) is 16.8 Å². The third-order valence-electron chi connectivity index (χ3n) is 3.62. The number of halogens is 4. The van der Waals surface area contributed by atoms with Gasteiger partial charge in [-0.1, -0.05) is 52.5 Å². The van der Waals surface area contributed by atoms with Crippen LogP contribution in [0.5, 0.6) is 0 Å². The van der Waals surface area contributed by atoms with E-state index in [4.69, 9.17) is 52.1 Å². The van der Waals surface area contributed by atoms with Crippen LogP contribution in [0.1, 0.15) is 11.1 Å². The van der Waals surface area contributed by atoms with Crippen molar-refractivity contribution in [1.29, 1.82) is 0 Å². The molecule has 0 radical (unpaired) electrons. The Kier molecular flexibility index (Phi) is 5.25. The van der Waals surface area contributed by atoms with Crippen molar-refractivity contribution in [2.24, 2.45) is 0 Å². The minimum atomic E-state index is -0.528. The lowest BCUT2D eigenvalue weighted by molar-refractivity contribution is 0.902. The third kappa shape index (κ3) is 3.77. The van der Waals surface area contributed by atoms with Crippen LogP contribution in [0.4, 0.5) is 5.82 Å². The molecule has 2 aromatic carbocycles. The molecule has 0 aliphatic heterocycles. The topological polar surface area (TPSA) is 60.9 Å².